The normalized spacial score (nSPS) is 25.0. The summed E-state index contributed by atoms with van der Waals surface area (Å²) in [5.41, 5.74) is 1.24. The van der Waals surface area contributed by atoms with E-state index in [9.17, 15) is 8.42 Å². The largest absolute Gasteiger partial charge is 0.314 e. The fraction of sp³-hybridized carbons (Fsp3) is 0.500. The first-order valence-corrected chi connectivity index (χ1v) is 8.87. The molecule has 0 radical (unpaired) electrons. The molecule has 1 aromatic rings. The van der Waals surface area contributed by atoms with Crippen molar-refractivity contribution >= 4 is 21.0 Å². The topological polar surface area (TPSA) is 54.4 Å². The molecule has 94 valence electrons. The van der Waals surface area contributed by atoms with Crippen LogP contribution in [-0.4, -0.2) is 29.1 Å². The Morgan fingerprint density at radius 3 is 2.65 bits per heavy atom. The summed E-state index contributed by atoms with van der Waals surface area (Å²) in [6, 6.07) is 10.1. The van der Waals surface area contributed by atoms with E-state index < -0.39 is 14.7 Å². The third-order valence-electron chi connectivity index (χ3n) is 3.05. The minimum atomic E-state index is -3.84. The Bertz CT molecular complexity index is 456. The lowest BCUT2D eigenvalue weighted by Crippen LogP contribution is -2.29. The van der Waals surface area contributed by atoms with E-state index in [1.54, 1.807) is 0 Å². The maximum atomic E-state index is 11.2. The molecule has 1 N–H and O–H groups in total. The van der Waals surface area contributed by atoms with Crippen molar-refractivity contribution in [2.24, 2.45) is 0 Å². The first-order valence-electron chi connectivity index (χ1n) is 5.74. The van der Waals surface area contributed by atoms with E-state index in [0.717, 1.165) is 24.3 Å². The zero-order valence-corrected chi connectivity index (χ0v) is 11.2. The van der Waals surface area contributed by atoms with E-state index in [1.807, 2.05) is 18.2 Å². The molecule has 1 fully saturated rings. The fourth-order valence-electron chi connectivity index (χ4n) is 2.18. The molecule has 5 heteroatoms. The highest BCUT2D eigenvalue weighted by atomic mass is 32.3. The van der Waals surface area contributed by atoms with Crippen molar-refractivity contribution in [3.63, 3.8) is 0 Å². The molecule has 1 saturated heterocycles. The van der Waals surface area contributed by atoms with Crippen molar-refractivity contribution in [3.05, 3.63) is 35.9 Å². The molecule has 2 rings (SSSR count). The van der Waals surface area contributed by atoms with Crippen LogP contribution in [-0.2, 0) is 27.4 Å². The van der Waals surface area contributed by atoms with Gasteiger partial charge >= 0.3 is 10.1 Å². The molecule has 0 spiro atoms. The van der Waals surface area contributed by atoms with Gasteiger partial charge in [-0.1, -0.05) is 30.3 Å². The molecule has 1 aromatic carbocycles. The lowest BCUT2D eigenvalue weighted by Gasteiger charge is -2.08. The molecule has 0 amide bonds. The van der Waals surface area contributed by atoms with Crippen LogP contribution in [0.4, 0.5) is 0 Å². The zero-order valence-electron chi connectivity index (χ0n) is 9.58. The van der Waals surface area contributed by atoms with Gasteiger partial charge in [-0.3, -0.25) is 4.55 Å². The maximum absolute atomic E-state index is 11.2. The smallest absolute Gasteiger partial charge is 0.282 e. The minimum Gasteiger partial charge on any atom is -0.282 e. The van der Waals surface area contributed by atoms with E-state index in [0.29, 0.717) is 6.42 Å². The summed E-state index contributed by atoms with van der Waals surface area (Å²) in [5.74, 6) is 1.81. The first kappa shape index (κ1) is 12.9. The van der Waals surface area contributed by atoms with Crippen LogP contribution in [0.2, 0.25) is 0 Å². The number of hydrogen-bond acceptors (Lipinski definition) is 2. The second-order valence-corrected chi connectivity index (χ2v) is 8.63. The molecule has 17 heavy (non-hydrogen) atoms. The Balaban J connectivity index is 1.95. The second kappa shape index (κ2) is 5.42. The third-order valence-corrected chi connectivity index (χ3v) is 8.01. The van der Waals surface area contributed by atoms with Gasteiger partial charge in [0, 0.05) is 23.7 Å². The monoisotopic (exact) mass is 273 g/mol. The molecule has 1 aliphatic heterocycles. The predicted molar refractivity (Wildman–Crippen MR) is 71.8 cm³/mol. The molecule has 0 saturated carbocycles. The number of benzene rings is 1. The SMILES string of the molecule is O=S(=O)(O)C1CCC[S+]1CCc1ccccc1. The van der Waals surface area contributed by atoms with Crippen LogP contribution in [0.3, 0.4) is 0 Å². The van der Waals surface area contributed by atoms with Crippen molar-refractivity contribution in [2.45, 2.75) is 23.8 Å². The fourth-order valence-corrected chi connectivity index (χ4v) is 6.86. The zero-order chi connectivity index (χ0) is 12.3. The molecule has 1 heterocycles. The van der Waals surface area contributed by atoms with Crippen LogP contribution in [0.15, 0.2) is 30.3 Å². The summed E-state index contributed by atoms with van der Waals surface area (Å²) in [4.78, 5) is 0. The summed E-state index contributed by atoms with van der Waals surface area (Å²) in [7, 11) is -4.02. The van der Waals surface area contributed by atoms with Crippen molar-refractivity contribution < 1.29 is 13.0 Å². The molecule has 0 aliphatic carbocycles. The van der Waals surface area contributed by atoms with E-state index in [1.165, 1.54) is 5.56 Å². The lowest BCUT2D eigenvalue weighted by atomic mass is 10.2. The second-order valence-electron chi connectivity index (χ2n) is 4.27. The molecule has 0 aromatic heterocycles. The quantitative estimate of drug-likeness (QED) is 0.673. The molecular weight excluding hydrogens is 256 g/mol. The minimum absolute atomic E-state index is 0.173. The van der Waals surface area contributed by atoms with Gasteiger partial charge in [-0.15, -0.1) is 0 Å². The number of rotatable bonds is 4. The van der Waals surface area contributed by atoms with Gasteiger partial charge < -0.3 is 0 Å². The van der Waals surface area contributed by atoms with Crippen LogP contribution < -0.4 is 0 Å². The standard InChI is InChI=1S/C12H16O3S2/c13-17(14,15)12-7-4-9-16(12)10-8-11-5-2-1-3-6-11/h1-3,5-6,12H,4,7-10H2/p+1. The highest BCUT2D eigenvalue weighted by Gasteiger charge is 2.44. The van der Waals surface area contributed by atoms with E-state index in [-0.39, 0.29) is 10.9 Å². The van der Waals surface area contributed by atoms with E-state index in [2.05, 4.69) is 12.1 Å². The Morgan fingerprint density at radius 2 is 2.00 bits per heavy atom. The molecule has 1 aliphatic rings. The van der Waals surface area contributed by atoms with Gasteiger partial charge in [0.1, 0.15) is 11.5 Å². The predicted octanol–water partition coefficient (Wildman–Crippen LogP) is 1.86. The number of hydrogen-bond donors (Lipinski definition) is 1. The summed E-state index contributed by atoms with van der Waals surface area (Å²) in [6.45, 7) is 0. The van der Waals surface area contributed by atoms with Crippen molar-refractivity contribution in [1.29, 1.82) is 0 Å². The van der Waals surface area contributed by atoms with Gasteiger partial charge in [0.2, 0.25) is 4.58 Å². The summed E-state index contributed by atoms with van der Waals surface area (Å²) in [5, 5.41) is 0. The van der Waals surface area contributed by atoms with E-state index in [4.69, 9.17) is 4.55 Å². The van der Waals surface area contributed by atoms with Crippen LogP contribution in [0, 0.1) is 0 Å². The van der Waals surface area contributed by atoms with Gasteiger partial charge in [0.15, 0.2) is 0 Å². The summed E-state index contributed by atoms with van der Waals surface area (Å²) in [6.07, 6.45) is 2.44. The van der Waals surface area contributed by atoms with Crippen molar-refractivity contribution in [3.8, 4) is 0 Å². The number of aryl methyl sites for hydroxylation is 1. The maximum Gasteiger partial charge on any atom is 0.314 e. The molecular formula is C12H17O3S2+. The third kappa shape index (κ3) is 3.47. The van der Waals surface area contributed by atoms with Gasteiger partial charge in [0.05, 0.1) is 0 Å². The van der Waals surface area contributed by atoms with Crippen LogP contribution in [0.5, 0.6) is 0 Å². The molecule has 2 atom stereocenters. The lowest BCUT2D eigenvalue weighted by molar-refractivity contribution is 0.478. The van der Waals surface area contributed by atoms with Crippen LogP contribution in [0.1, 0.15) is 18.4 Å². The van der Waals surface area contributed by atoms with Gasteiger partial charge in [-0.05, 0) is 12.0 Å². The highest BCUT2D eigenvalue weighted by molar-refractivity contribution is 8.10. The van der Waals surface area contributed by atoms with Crippen molar-refractivity contribution in [2.75, 3.05) is 11.5 Å². The Hall–Kier alpha value is -0.520. The van der Waals surface area contributed by atoms with Crippen molar-refractivity contribution in [1.82, 2.24) is 0 Å². The van der Waals surface area contributed by atoms with Crippen LogP contribution >= 0.6 is 0 Å². The molecule has 0 bridgehead atoms. The molecule has 2 unspecified atom stereocenters. The van der Waals surface area contributed by atoms with Crippen LogP contribution in [0.25, 0.3) is 0 Å². The molecule has 3 nitrogen and oxygen atoms in total. The Morgan fingerprint density at radius 1 is 1.29 bits per heavy atom. The Labute approximate surface area is 105 Å². The van der Waals surface area contributed by atoms with E-state index >= 15 is 0 Å². The summed E-state index contributed by atoms with van der Waals surface area (Å²) < 4.78 is 31.1. The summed E-state index contributed by atoms with van der Waals surface area (Å²) >= 11 is 0. The first-order chi connectivity index (χ1) is 8.07. The average Bonchev–Trinajstić information content (AvgIpc) is 2.75. The van der Waals surface area contributed by atoms with Gasteiger partial charge in [0.25, 0.3) is 0 Å². The van der Waals surface area contributed by atoms with Gasteiger partial charge in [-0.25, -0.2) is 0 Å². The Kier molecular flexibility index (Phi) is 4.12. The van der Waals surface area contributed by atoms with Gasteiger partial charge in [-0.2, -0.15) is 8.42 Å². The average molecular weight is 273 g/mol. The highest BCUT2D eigenvalue weighted by Crippen LogP contribution is 2.27.